The van der Waals surface area contributed by atoms with Crippen LogP contribution in [0.1, 0.15) is 36.2 Å². The molecule has 1 fully saturated rings. The van der Waals surface area contributed by atoms with Crippen LogP contribution in [0.25, 0.3) is 0 Å². The van der Waals surface area contributed by atoms with E-state index in [0.29, 0.717) is 22.1 Å². The van der Waals surface area contributed by atoms with Crippen molar-refractivity contribution in [3.63, 3.8) is 0 Å². The van der Waals surface area contributed by atoms with E-state index in [0.717, 1.165) is 5.56 Å². The summed E-state index contributed by atoms with van der Waals surface area (Å²) in [5.41, 5.74) is 2.75. The van der Waals surface area contributed by atoms with Crippen molar-refractivity contribution >= 4 is 46.1 Å². The molecular formula is C22H23N3O4S. The molecule has 0 aliphatic carbocycles. The Kier molecular flexibility index (Phi) is 6.89. The normalized spacial score (nSPS) is 17.5. The minimum atomic E-state index is -0.603. The lowest BCUT2D eigenvalue weighted by molar-refractivity contribution is -0.123. The van der Waals surface area contributed by atoms with Crippen molar-refractivity contribution in [3.05, 3.63) is 59.7 Å². The van der Waals surface area contributed by atoms with E-state index in [1.807, 2.05) is 31.2 Å². The molecule has 1 unspecified atom stereocenters. The molecule has 30 heavy (non-hydrogen) atoms. The van der Waals surface area contributed by atoms with Crippen LogP contribution in [0.4, 0.5) is 11.4 Å². The number of esters is 1. The van der Waals surface area contributed by atoms with Gasteiger partial charge in [-0.05, 0) is 57.2 Å². The Morgan fingerprint density at radius 2 is 1.80 bits per heavy atom. The lowest BCUT2D eigenvalue weighted by Crippen LogP contribution is -2.41. The first kappa shape index (κ1) is 21.6. The number of nitrogens with zero attached hydrogens (tertiary/aromatic N) is 1. The number of amidine groups is 1. The van der Waals surface area contributed by atoms with Crippen molar-refractivity contribution < 1.29 is 19.1 Å². The standard InChI is InChI=1S/C22H23N3O4S/c1-13(2)29-21(28)15-6-10-16(11-7-15)23-20(27)18-12-19(26)25-22(30-18)24-17-8-4-14(3)5-9-17/h4-11,13,18H,12H2,1-3H3,(H,23,27)(H,24,25,26). The van der Waals surface area contributed by atoms with Crippen molar-refractivity contribution in [2.75, 3.05) is 5.32 Å². The zero-order valence-electron chi connectivity index (χ0n) is 17.0. The minimum Gasteiger partial charge on any atom is -0.459 e. The van der Waals surface area contributed by atoms with E-state index in [4.69, 9.17) is 4.74 Å². The number of carbonyl (C=O) groups is 3. The van der Waals surface area contributed by atoms with Crippen LogP contribution >= 0.6 is 11.8 Å². The number of ether oxygens (including phenoxy) is 1. The summed E-state index contributed by atoms with van der Waals surface area (Å²) in [6.45, 7) is 5.54. The average molecular weight is 426 g/mol. The maximum absolute atomic E-state index is 12.7. The number of thioether (sulfide) groups is 1. The molecule has 1 heterocycles. The fourth-order valence-electron chi connectivity index (χ4n) is 2.68. The summed E-state index contributed by atoms with van der Waals surface area (Å²) < 4.78 is 5.14. The van der Waals surface area contributed by atoms with Gasteiger partial charge in [0.2, 0.25) is 11.8 Å². The minimum absolute atomic E-state index is 0.0578. The lowest BCUT2D eigenvalue weighted by Gasteiger charge is -2.22. The Morgan fingerprint density at radius 1 is 1.13 bits per heavy atom. The predicted octanol–water partition coefficient (Wildman–Crippen LogP) is 3.81. The molecule has 2 amide bonds. The number of rotatable bonds is 5. The van der Waals surface area contributed by atoms with E-state index < -0.39 is 11.2 Å². The third-order valence-electron chi connectivity index (χ3n) is 4.16. The van der Waals surface area contributed by atoms with Gasteiger partial charge in [-0.25, -0.2) is 9.79 Å². The Balaban J connectivity index is 1.65. The molecule has 2 N–H and O–H groups in total. The first-order valence-corrected chi connectivity index (χ1v) is 10.4. The van der Waals surface area contributed by atoms with Gasteiger partial charge in [0.15, 0.2) is 5.17 Å². The van der Waals surface area contributed by atoms with E-state index in [-0.39, 0.29) is 24.3 Å². The van der Waals surface area contributed by atoms with Crippen molar-refractivity contribution in [3.8, 4) is 0 Å². The Labute approximate surface area is 179 Å². The van der Waals surface area contributed by atoms with E-state index in [2.05, 4.69) is 15.6 Å². The molecule has 0 aromatic heterocycles. The van der Waals surface area contributed by atoms with Crippen LogP contribution in [-0.2, 0) is 14.3 Å². The monoisotopic (exact) mass is 425 g/mol. The second kappa shape index (κ2) is 9.58. The van der Waals surface area contributed by atoms with Crippen molar-refractivity contribution in [2.45, 2.75) is 38.5 Å². The van der Waals surface area contributed by atoms with Crippen LogP contribution < -0.4 is 10.6 Å². The topological polar surface area (TPSA) is 96.9 Å². The third kappa shape index (κ3) is 5.93. The molecule has 1 saturated heterocycles. The molecule has 7 nitrogen and oxygen atoms in total. The van der Waals surface area contributed by atoms with Crippen molar-refractivity contribution in [1.82, 2.24) is 5.32 Å². The maximum atomic E-state index is 12.7. The molecule has 0 radical (unpaired) electrons. The summed E-state index contributed by atoms with van der Waals surface area (Å²) in [5.74, 6) is -0.977. The van der Waals surface area contributed by atoms with Crippen LogP contribution in [-0.4, -0.2) is 34.3 Å². The molecular weight excluding hydrogens is 402 g/mol. The molecule has 0 bridgehead atoms. The summed E-state index contributed by atoms with van der Waals surface area (Å²) in [5, 5.41) is 5.28. The van der Waals surface area contributed by atoms with E-state index in [1.165, 1.54) is 11.8 Å². The van der Waals surface area contributed by atoms with Gasteiger partial charge in [-0.1, -0.05) is 29.5 Å². The molecule has 0 saturated carbocycles. The van der Waals surface area contributed by atoms with E-state index >= 15 is 0 Å². The zero-order chi connectivity index (χ0) is 21.7. The largest absolute Gasteiger partial charge is 0.459 e. The fourth-order valence-corrected chi connectivity index (χ4v) is 3.68. The van der Waals surface area contributed by atoms with Crippen LogP contribution in [0.5, 0.6) is 0 Å². The molecule has 1 atom stereocenters. The lowest BCUT2D eigenvalue weighted by atomic mass is 10.2. The fraction of sp³-hybridized carbons (Fsp3) is 0.273. The number of hydrogen-bond acceptors (Lipinski definition) is 6. The molecule has 2 aromatic carbocycles. The van der Waals surface area contributed by atoms with Gasteiger partial charge in [-0.2, -0.15) is 0 Å². The first-order chi connectivity index (χ1) is 14.3. The SMILES string of the molecule is Cc1ccc(N=C2NC(=O)CC(C(=O)Nc3ccc(C(=O)OC(C)C)cc3)S2)cc1. The third-order valence-corrected chi connectivity index (χ3v) is 5.24. The molecule has 8 heteroatoms. The number of hydrogen-bond donors (Lipinski definition) is 2. The number of nitrogens with one attached hydrogen (secondary N) is 2. The maximum Gasteiger partial charge on any atom is 0.338 e. The highest BCUT2D eigenvalue weighted by Gasteiger charge is 2.30. The predicted molar refractivity (Wildman–Crippen MR) is 118 cm³/mol. The van der Waals surface area contributed by atoms with Gasteiger partial charge in [0.25, 0.3) is 0 Å². The summed E-state index contributed by atoms with van der Waals surface area (Å²) in [4.78, 5) is 41.0. The van der Waals surface area contributed by atoms with Gasteiger partial charge in [0.1, 0.15) is 5.25 Å². The number of amides is 2. The summed E-state index contributed by atoms with van der Waals surface area (Å²) in [6.07, 6.45) is -0.149. The number of aryl methyl sites for hydroxylation is 1. The second-order valence-corrected chi connectivity index (χ2v) is 8.32. The molecule has 3 rings (SSSR count). The Morgan fingerprint density at radius 3 is 2.43 bits per heavy atom. The average Bonchev–Trinajstić information content (AvgIpc) is 2.69. The molecule has 156 valence electrons. The molecule has 1 aliphatic rings. The Hall–Kier alpha value is -3.13. The number of benzene rings is 2. The van der Waals surface area contributed by atoms with Gasteiger partial charge in [-0.3, -0.25) is 9.59 Å². The van der Waals surface area contributed by atoms with Gasteiger partial charge in [0, 0.05) is 12.1 Å². The Bertz CT molecular complexity index is 969. The number of anilines is 1. The highest BCUT2D eigenvalue weighted by molar-refractivity contribution is 8.15. The molecule has 2 aromatic rings. The van der Waals surface area contributed by atoms with Crippen molar-refractivity contribution in [2.24, 2.45) is 4.99 Å². The van der Waals surface area contributed by atoms with Gasteiger partial charge < -0.3 is 15.4 Å². The van der Waals surface area contributed by atoms with Crippen LogP contribution in [0.15, 0.2) is 53.5 Å². The van der Waals surface area contributed by atoms with Crippen molar-refractivity contribution in [1.29, 1.82) is 0 Å². The quantitative estimate of drug-likeness (QED) is 0.710. The second-order valence-electron chi connectivity index (χ2n) is 7.13. The van der Waals surface area contributed by atoms with Gasteiger partial charge in [-0.15, -0.1) is 0 Å². The smallest absolute Gasteiger partial charge is 0.338 e. The van der Waals surface area contributed by atoms with E-state index in [1.54, 1.807) is 38.1 Å². The zero-order valence-corrected chi connectivity index (χ0v) is 17.8. The van der Waals surface area contributed by atoms with Crippen LogP contribution in [0, 0.1) is 6.92 Å². The highest BCUT2D eigenvalue weighted by Crippen LogP contribution is 2.25. The van der Waals surface area contributed by atoms with E-state index in [9.17, 15) is 14.4 Å². The first-order valence-electron chi connectivity index (χ1n) is 9.54. The van der Waals surface area contributed by atoms with Gasteiger partial charge in [0.05, 0.1) is 17.4 Å². The molecule has 1 aliphatic heterocycles. The van der Waals surface area contributed by atoms with Gasteiger partial charge >= 0.3 is 5.97 Å². The number of carbonyl (C=O) groups excluding carboxylic acids is 3. The molecule has 0 spiro atoms. The summed E-state index contributed by atoms with van der Waals surface area (Å²) in [6, 6.07) is 14.0. The summed E-state index contributed by atoms with van der Waals surface area (Å²) >= 11 is 1.21. The summed E-state index contributed by atoms with van der Waals surface area (Å²) in [7, 11) is 0. The van der Waals surface area contributed by atoms with Crippen LogP contribution in [0.2, 0.25) is 0 Å². The number of aliphatic imine (C=N–C) groups is 1. The van der Waals surface area contributed by atoms with Crippen LogP contribution in [0.3, 0.4) is 0 Å². The highest BCUT2D eigenvalue weighted by atomic mass is 32.2.